The average Bonchev–Trinajstić information content (AvgIpc) is 1.50. The lowest BCUT2D eigenvalue weighted by Crippen LogP contribution is -2.46. The number of aliphatic hydroxyl groups excluding tert-OH is 3. The zero-order valence-electron chi connectivity index (χ0n) is 60.8. The van der Waals surface area contributed by atoms with Crippen molar-refractivity contribution in [1.82, 2.24) is 68.3 Å². The van der Waals surface area contributed by atoms with E-state index in [0.717, 1.165) is 92.6 Å². The van der Waals surface area contributed by atoms with E-state index >= 15 is 8.78 Å². The standard InChI is InChI=1S/C26H29F4N5O2.C25H28F4N6O2.C25H29F3N6O2/c1-16(36)10-33-9-8-18(22(37)14-33)12-34-13-21(27)23-24(34)31-15-32-25(23)35(20-6-7-20)11-17-2-4-19(5-3-17)26(28,29)30;1-15(36)9-33-7-6-17(20(37)13-33)11-34-12-19(26)22-23(34)31-14-32-24(22)35(18-3-4-18)10-16-2-5-21(30-8-16)25(27,28)29;1-16(35)11-32-8-6-18(21(36)14-32)13-33-9-7-20-23(33)30-15-31-24(20)34(19-3-4-19)12-17-2-5-22(29-10-17)25(26,27)28/h2-5,13,15,18,20,22,37H,6-12,14H2,1H3;2,5,8,12,14,17-18,20,37H,3-4,6-7,9-11,13H2,1H3;2,5,7,9-10,15,18-19,21,36H,3-4,6,8,11-14H2,1H3/t18?,22-;17?,20-;18?,21-/m000/s1. The number of aliphatic hydroxyl groups is 3. The van der Waals surface area contributed by atoms with Crippen molar-refractivity contribution < 1.29 is 78.0 Å². The number of anilines is 3. The first-order chi connectivity index (χ1) is 52.4. The average molecular weight is 1540 g/mol. The molecule has 3 aliphatic carbocycles. The van der Waals surface area contributed by atoms with Gasteiger partial charge in [-0.25, -0.2) is 38.7 Å². The van der Waals surface area contributed by atoms with Gasteiger partial charge in [0.1, 0.15) is 82.1 Å². The molecule has 110 heavy (non-hydrogen) atoms. The lowest BCUT2D eigenvalue weighted by atomic mass is 9.93. The van der Waals surface area contributed by atoms with Gasteiger partial charge in [0.15, 0.2) is 11.6 Å². The number of pyridine rings is 2. The van der Waals surface area contributed by atoms with Crippen molar-refractivity contribution in [3.63, 3.8) is 0 Å². The fourth-order valence-corrected chi connectivity index (χ4v) is 15.2. The van der Waals surface area contributed by atoms with Gasteiger partial charge in [-0.3, -0.25) is 39.1 Å². The number of aromatic nitrogens is 11. The van der Waals surface area contributed by atoms with Gasteiger partial charge in [-0.2, -0.15) is 39.5 Å². The number of Topliss-reactive ketones (excluding diaryl/α,β-unsaturated/α-hetero) is 3. The maximum absolute atomic E-state index is 15.3. The van der Waals surface area contributed by atoms with E-state index in [-0.39, 0.29) is 70.5 Å². The molecular weight excluding hydrogens is 1460 g/mol. The van der Waals surface area contributed by atoms with Gasteiger partial charge in [-0.15, -0.1) is 0 Å². The molecule has 6 fully saturated rings. The highest BCUT2D eigenvalue weighted by atomic mass is 19.4. The number of ketones is 3. The summed E-state index contributed by atoms with van der Waals surface area (Å²) in [5.41, 5.74) is 0.915. The predicted molar refractivity (Wildman–Crippen MR) is 384 cm³/mol. The number of hydrogen-bond donors (Lipinski definition) is 3. The molecule has 3 aliphatic heterocycles. The zero-order chi connectivity index (χ0) is 78.1. The van der Waals surface area contributed by atoms with E-state index in [4.69, 9.17) is 0 Å². The van der Waals surface area contributed by atoms with Crippen molar-refractivity contribution in [2.45, 2.75) is 173 Å². The van der Waals surface area contributed by atoms with Crippen LogP contribution in [-0.2, 0) is 72.2 Å². The first kappa shape index (κ1) is 78.9. The van der Waals surface area contributed by atoms with Crippen LogP contribution in [0.1, 0.15) is 112 Å². The molecule has 11 heterocycles. The number of benzene rings is 1. The SMILES string of the molecule is CC(=O)CN1CCC(Cn2cc(F)c3c(N(Cc4ccc(C(F)(F)F)cc4)C4CC4)ncnc32)[C@@H](O)C1.CC(=O)CN1CCC(Cn2cc(F)c3c(N(Cc4ccc(C(F)(F)F)nc4)C4CC4)ncnc32)[C@@H](O)C1.CC(=O)CN1CCC(Cn2ccc3c(N(Cc4ccc(C(F)(F)F)nc4)C4CC4)ncnc32)[C@@H](O)C1. The Labute approximate surface area is 625 Å². The lowest BCUT2D eigenvalue weighted by molar-refractivity contribution is -0.142. The molecule has 0 spiro atoms. The number of β-amino-alcohol motifs (C(OH)–C–C–N with tert-alkyl or cyclic N) is 3. The molecule has 6 aliphatic rings. The lowest BCUT2D eigenvalue weighted by Gasteiger charge is -2.35. The van der Waals surface area contributed by atoms with Crippen molar-refractivity contribution >= 4 is 67.9 Å². The minimum absolute atomic E-state index is 0.0416. The van der Waals surface area contributed by atoms with Crippen LogP contribution in [0.3, 0.4) is 0 Å². The monoisotopic (exact) mass is 1540 g/mol. The van der Waals surface area contributed by atoms with Crippen molar-refractivity contribution in [2.75, 3.05) is 73.6 Å². The third-order valence-corrected chi connectivity index (χ3v) is 21.1. The number of carbonyl (C=O) groups excluding carboxylic acids is 3. The van der Waals surface area contributed by atoms with Gasteiger partial charge < -0.3 is 43.7 Å². The van der Waals surface area contributed by atoms with Gasteiger partial charge in [-0.05, 0) is 145 Å². The van der Waals surface area contributed by atoms with Crippen molar-refractivity contribution in [1.29, 1.82) is 0 Å². The Kier molecular flexibility index (Phi) is 23.7. The Hall–Kier alpha value is -9.22. The van der Waals surface area contributed by atoms with Crippen LogP contribution in [0.5, 0.6) is 0 Å². The number of rotatable bonds is 24. The van der Waals surface area contributed by atoms with Crippen LogP contribution in [0.15, 0.2) is 105 Å². The Balaban J connectivity index is 0.000000145. The van der Waals surface area contributed by atoms with Gasteiger partial charge >= 0.3 is 18.5 Å². The molecule has 15 rings (SSSR count). The molecule has 3 saturated heterocycles. The quantitative estimate of drug-likeness (QED) is 0.0476. The number of piperidine rings is 3. The van der Waals surface area contributed by atoms with Crippen LogP contribution >= 0.6 is 0 Å². The van der Waals surface area contributed by atoms with Crippen molar-refractivity contribution in [2.24, 2.45) is 17.8 Å². The Bertz CT molecular complexity index is 4500. The number of likely N-dealkylation sites (tertiary alicyclic amines) is 3. The molecule has 3 unspecified atom stereocenters. The topological polar surface area (TPSA) is 249 Å². The largest absolute Gasteiger partial charge is 0.433 e. The van der Waals surface area contributed by atoms with E-state index in [2.05, 4.69) is 44.8 Å². The number of nitrogens with zero attached hydrogens (tertiary/aromatic N) is 17. The number of alkyl halides is 9. The van der Waals surface area contributed by atoms with Crippen LogP contribution in [0.4, 0.5) is 65.7 Å². The van der Waals surface area contributed by atoms with E-state index < -0.39 is 65.4 Å². The third kappa shape index (κ3) is 19.2. The summed E-state index contributed by atoms with van der Waals surface area (Å²) in [5, 5.41) is 33.4. The van der Waals surface area contributed by atoms with Gasteiger partial charge in [0.2, 0.25) is 0 Å². The van der Waals surface area contributed by atoms with Crippen LogP contribution in [0.2, 0.25) is 0 Å². The molecule has 3 N–H and O–H groups in total. The van der Waals surface area contributed by atoms with E-state index in [0.29, 0.717) is 138 Å². The van der Waals surface area contributed by atoms with Gasteiger partial charge in [-0.1, -0.05) is 24.3 Å². The first-order valence-electron chi connectivity index (χ1n) is 36.9. The summed E-state index contributed by atoms with van der Waals surface area (Å²) in [6.45, 7) is 11.2. The summed E-state index contributed by atoms with van der Waals surface area (Å²) in [6.07, 6.45) is 3.76. The van der Waals surface area contributed by atoms with Crippen LogP contribution in [0, 0.1) is 29.4 Å². The summed E-state index contributed by atoms with van der Waals surface area (Å²) >= 11 is 0. The first-order valence-corrected chi connectivity index (χ1v) is 36.9. The highest BCUT2D eigenvalue weighted by Gasteiger charge is 2.40. The summed E-state index contributed by atoms with van der Waals surface area (Å²) in [6, 6.07) is 12.2. The molecule has 3 saturated carbocycles. The number of fused-ring (bicyclic) bond motifs is 3. The maximum atomic E-state index is 15.3. The Morgan fingerprint density at radius 1 is 0.427 bits per heavy atom. The number of halogens is 11. The molecular formula is C76H86F11N17O6. The smallest absolute Gasteiger partial charge is 0.391 e. The molecule has 6 atom stereocenters. The van der Waals surface area contributed by atoms with Crippen LogP contribution in [-0.4, -0.2) is 196 Å². The Morgan fingerprint density at radius 2 is 0.782 bits per heavy atom. The molecule has 9 aromatic rings. The highest BCUT2D eigenvalue weighted by molar-refractivity contribution is 5.91. The van der Waals surface area contributed by atoms with E-state index in [9.17, 15) is 69.2 Å². The molecule has 0 amide bonds. The highest BCUT2D eigenvalue weighted by Crippen LogP contribution is 2.42. The second-order valence-corrected chi connectivity index (χ2v) is 30.0. The van der Waals surface area contributed by atoms with Crippen LogP contribution < -0.4 is 14.7 Å². The molecule has 0 bridgehead atoms. The molecule has 588 valence electrons. The summed E-state index contributed by atoms with van der Waals surface area (Å²) in [7, 11) is 0. The summed E-state index contributed by atoms with van der Waals surface area (Å²) in [4.78, 5) is 79.7. The minimum atomic E-state index is -4.52. The van der Waals surface area contributed by atoms with Crippen LogP contribution in [0.25, 0.3) is 33.1 Å². The molecule has 0 radical (unpaired) electrons. The summed E-state index contributed by atoms with van der Waals surface area (Å²) < 4.78 is 152. The molecule has 23 nitrogen and oxygen atoms in total. The third-order valence-electron chi connectivity index (χ3n) is 21.1. The van der Waals surface area contributed by atoms with E-state index in [1.165, 1.54) is 81.9 Å². The van der Waals surface area contributed by atoms with E-state index in [1.54, 1.807) is 16.1 Å². The second kappa shape index (κ2) is 33.0. The van der Waals surface area contributed by atoms with E-state index in [1.807, 2.05) is 41.3 Å². The predicted octanol–water partition coefficient (Wildman–Crippen LogP) is 10.7. The molecule has 8 aromatic heterocycles. The normalized spacial score (nSPS) is 21.0. The maximum Gasteiger partial charge on any atom is 0.433 e. The fourth-order valence-electron chi connectivity index (χ4n) is 15.2. The molecule has 1 aromatic carbocycles. The fraction of sp³-hybridized carbons (Fsp3) is 0.513. The van der Waals surface area contributed by atoms with Crippen molar-refractivity contribution in [3.8, 4) is 0 Å². The number of hydrogen-bond acceptors (Lipinski definition) is 20. The Morgan fingerprint density at radius 3 is 1.13 bits per heavy atom. The molecule has 34 heteroatoms. The minimum Gasteiger partial charge on any atom is -0.391 e. The second-order valence-electron chi connectivity index (χ2n) is 30.0. The van der Waals surface area contributed by atoms with Gasteiger partial charge in [0, 0.05) is 126 Å². The van der Waals surface area contributed by atoms with Gasteiger partial charge in [0.05, 0.1) is 59.7 Å². The van der Waals surface area contributed by atoms with Crippen molar-refractivity contribution in [3.05, 3.63) is 150 Å². The van der Waals surface area contributed by atoms with Gasteiger partial charge in [0.25, 0.3) is 0 Å². The summed E-state index contributed by atoms with van der Waals surface area (Å²) in [5.74, 6) is 0.549. The number of carbonyl (C=O) groups is 3. The zero-order valence-corrected chi connectivity index (χ0v) is 60.8.